The van der Waals surface area contributed by atoms with Gasteiger partial charge in [0.15, 0.2) is 0 Å². The quantitative estimate of drug-likeness (QED) is 0.118. The third kappa shape index (κ3) is 9.40. The summed E-state index contributed by atoms with van der Waals surface area (Å²) < 4.78 is 152. The lowest BCUT2D eigenvalue weighted by Gasteiger charge is -2.32. The predicted molar refractivity (Wildman–Crippen MR) is 100 cm³/mol. The zero-order valence-electron chi connectivity index (χ0n) is 18.0. The van der Waals surface area contributed by atoms with Crippen molar-refractivity contribution in [2.75, 3.05) is 33.0 Å². The Labute approximate surface area is 187 Å². The number of hydrogen-bond donors (Lipinski definition) is 0. The summed E-state index contributed by atoms with van der Waals surface area (Å²) in [5.74, 6) is -14.6. The van der Waals surface area contributed by atoms with Crippen molar-refractivity contribution < 1.29 is 61.6 Å². The van der Waals surface area contributed by atoms with Gasteiger partial charge >= 0.3 is 33.4 Å². The van der Waals surface area contributed by atoms with Crippen LogP contribution in [0.4, 0.5) is 39.5 Å². The molecule has 0 amide bonds. The molecule has 200 valence electrons. The van der Waals surface area contributed by atoms with Crippen LogP contribution in [0.25, 0.3) is 0 Å². The maximum atomic E-state index is 13.4. The molecule has 0 bridgehead atoms. The van der Waals surface area contributed by atoms with E-state index in [0.29, 0.717) is 45.7 Å². The molecule has 0 rings (SSSR count). The minimum absolute atomic E-state index is 0.220. The van der Waals surface area contributed by atoms with E-state index in [9.17, 15) is 47.9 Å². The molecule has 0 aromatic rings. The first kappa shape index (κ1) is 32.2. The van der Waals surface area contributed by atoms with Crippen molar-refractivity contribution in [3.8, 4) is 0 Å². The van der Waals surface area contributed by atoms with Crippen LogP contribution in [0, 0.1) is 0 Å². The van der Waals surface area contributed by atoms with Gasteiger partial charge in [0.25, 0.3) is 0 Å². The van der Waals surface area contributed by atoms with E-state index in [0.717, 1.165) is 19.3 Å². The smallest absolute Gasteiger partial charge is 0.379 e. The molecule has 33 heavy (non-hydrogen) atoms. The fraction of sp³-hybridized carbons (Fsp3) is 1.00. The average molecular weight is 528 g/mol. The van der Waals surface area contributed by atoms with Crippen LogP contribution in [-0.2, 0) is 23.8 Å². The summed E-state index contributed by atoms with van der Waals surface area (Å²) in [4.78, 5) is 0. The number of halogens is 9. The van der Waals surface area contributed by atoms with Gasteiger partial charge in [0.05, 0.1) is 19.8 Å². The molecule has 0 aromatic heterocycles. The highest BCUT2D eigenvalue weighted by molar-refractivity contribution is 7.87. The summed E-state index contributed by atoms with van der Waals surface area (Å²) in [5.41, 5.74) is 0. The molecule has 0 fully saturated rings. The van der Waals surface area contributed by atoms with E-state index in [-0.39, 0.29) is 12.8 Å². The standard InChI is InChI=1S/C18H29F9O5S/c1-2-3-10-30-13-14-31-11-8-6-4-5-7-9-12-32-33(28,29)18(26,27)16(21,22)15(19,20)17(23,24)25/h2-14H2,1H3. The molecule has 0 aliphatic rings. The van der Waals surface area contributed by atoms with Crippen molar-refractivity contribution in [1.82, 2.24) is 0 Å². The van der Waals surface area contributed by atoms with Gasteiger partial charge in [0.1, 0.15) is 0 Å². The van der Waals surface area contributed by atoms with E-state index in [1.54, 1.807) is 0 Å². The van der Waals surface area contributed by atoms with Gasteiger partial charge in [-0.25, -0.2) is 0 Å². The van der Waals surface area contributed by atoms with Crippen LogP contribution in [-0.4, -0.2) is 64.7 Å². The lowest BCUT2D eigenvalue weighted by Crippen LogP contribution is -2.63. The van der Waals surface area contributed by atoms with E-state index in [4.69, 9.17) is 9.47 Å². The molecule has 0 radical (unpaired) electrons. The maximum Gasteiger partial charge on any atom is 0.460 e. The van der Waals surface area contributed by atoms with Crippen molar-refractivity contribution in [2.45, 2.75) is 81.6 Å². The summed E-state index contributed by atoms with van der Waals surface area (Å²) in [6, 6.07) is 0. The molecule has 0 saturated heterocycles. The Morgan fingerprint density at radius 2 is 1.00 bits per heavy atom. The number of rotatable bonds is 19. The minimum Gasteiger partial charge on any atom is -0.379 e. The molecular weight excluding hydrogens is 499 g/mol. The third-order valence-corrected chi connectivity index (χ3v) is 5.73. The molecule has 0 atom stereocenters. The second-order valence-electron chi connectivity index (χ2n) is 7.14. The monoisotopic (exact) mass is 528 g/mol. The van der Waals surface area contributed by atoms with Crippen LogP contribution in [0.15, 0.2) is 0 Å². The molecule has 0 unspecified atom stereocenters. The van der Waals surface area contributed by atoms with E-state index in [1.165, 1.54) is 0 Å². The second kappa shape index (κ2) is 13.9. The Kier molecular flexibility index (Phi) is 13.6. The van der Waals surface area contributed by atoms with Gasteiger partial charge in [0, 0.05) is 13.2 Å². The third-order valence-electron chi connectivity index (χ3n) is 4.37. The first-order valence-corrected chi connectivity index (χ1v) is 11.7. The van der Waals surface area contributed by atoms with Gasteiger partial charge in [-0.3, -0.25) is 4.18 Å². The van der Waals surface area contributed by atoms with Gasteiger partial charge in [-0.2, -0.15) is 47.9 Å². The molecule has 15 heteroatoms. The van der Waals surface area contributed by atoms with Gasteiger partial charge in [-0.15, -0.1) is 0 Å². The predicted octanol–water partition coefficient (Wildman–Crippen LogP) is 5.93. The maximum absolute atomic E-state index is 13.4. The molecule has 5 nitrogen and oxygen atoms in total. The molecule has 0 N–H and O–H groups in total. The lowest BCUT2D eigenvalue weighted by molar-refractivity contribution is -0.382. The van der Waals surface area contributed by atoms with Crippen LogP contribution in [0.3, 0.4) is 0 Å². The largest absolute Gasteiger partial charge is 0.460 e. The Morgan fingerprint density at radius 1 is 0.576 bits per heavy atom. The summed E-state index contributed by atoms with van der Waals surface area (Å²) >= 11 is 0. The molecule has 0 aliphatic carbocycles. The highest BCUT2D eigenvalue weighted by Crippen LogP contribution is 2.54. The molecule has 0 heterocycles. The first-order valence-electron chi connectivity index (χ1n) is 10.3. The van der Waals surface area contributed by atoms with Crippen molar-refractivity contribution in [2.24, 2.45) is 0 Å². The first-order chi connectivity index (χ1) is 15.1. The van der Waals surface area contributed by atoms with Crippen LogP contribution >= 0.6 is 0 Å². The van der Waals surface area contributed by atoms with Crippen LogP contribution in [0.5, 0.6) is 0 Å². The van der Waals surface area contributed by atoms with Gasteiger partial charge in [-0.05, 0) is 19.3 Å². The van der Waals surface area contributed by atoms with E-state index in [2.05, 4.69) is 4.18 Å². The fourth-order valence-corrected chi connectivity index (χ4v) is 3.27. The zero-order chi connectivity index (χ0) is 25.8. The van der Waals surface area contributed by atoms with Crippen molar-refractivity contribution in [3.63, 3.8) is 0 Å². The van der Waals surface area contributed by atoms with E-state index < -0.39 is 40.0 Å². The van der Waals surface area contributed by atoms with Crippen LogP contribution in [0.1, 0.15) is 58.3 Å². The topological polar surface area (TPSA) is 61.8 Å². The summed E-state index contributed by atoms with van der Waals surface area (Å²) in [6.45, 7) is 3.07. The SMILES string of the molecule is CCCCOCCOCCCCCCCCOS(=O)(=O)C(F)(F)C(F)(F)C(F)(F)C(F)(F)F. The van der Waals surface area contributed by atoms with Gasteiger partial charge in [-0.1, -0.05) is 39.0 Å². The lowest BCUT2D eigenvalue weighted by atomic mass is 10.1. The van der Waals surface area contributed by atoms with E-state index >= 15 is 0 Å². The second-order valence-corrected chi connectivity index (χ2v) is 8.80. The van der Waals surface area contributed by atoms with Gasteiger partial charge < -0.3 is 9.47 Å². The summed E-state index contributed by atoms with van der Waals surface area (Å²) in [6.07, 6.45) is -2.52. The Morgan fingerprint density at radius 3 is 1.45 bits per heavy atom. The highest BCUT2D eigenvalue weighted by Gasteiger charge is 2.85. The minimum atomic E-state index is -7.30. The zero-order valence-corrected chi connectivity index (χ0v) is 18.9. The molecular formula is C18H29F9O5S. The molecule has 0 spiro atoms. The van der Waals surface area contributed by atoms with E-state index in [1.807, 2.05) is 6.92 Å². The van der Waals surface area contributed by atoms with Crippen molar-refractivity contribution >= 4 is 10.1 Å². The average Bonchev–Trinajstić information content (AvgIpc) is 2.69. The highest BCUT2D eigenvalue weighted by atomic mass is 32.2. The summed E-state index contributed by atoms with van der Waals surface area (Å²) in [5, 5.41) is -6.81. The van der Waals surface area contributed by atoms with Crippen molar-refractivity contribution in [3.05, 3.63) is 0 Å². The number of alkyl halides is 9. The Bertz CT molecular complexity index is 640. The van der Waals surface area contributed by atoms with Gasteiger partial charge in [0.2, 0.25) is 0 Å². The normalized spacial score (nSPS) is 14.1. The fourth-order valence-electron chi connectivity index (χ4n) is 2.34. The number of ether oxygens (including phenoxy) is 2. The number of unbranched alkanes of at least 4 members (excludes halogenated alkanes) is 6. The molecule has 0 aromatic carbocycles. The summed E-state index contributed by atoms with van der Waals surface area (Å²) in [7, 11) is -6.77. The Balaban J connectivity index is 4.17. The Hall–Kier alpha value is -0.800. The van der Waals surface area contributed by atoms with Crippen LogP contribution < -0.4 is 0 Å². The molecule has 0 aliphatic heterocycles. The molecule has 0 saturated carbocycles. The van der Waals surface area contributed by atoms with Crippen LogP contribution in [0.2, 0.25) is 0 Å². The van der Waals surface area contributed by atoms with Crippen molar-refractivity contribution in [1.29, 1.82) is 0 Å². The number of hydrogen-bond acceptors (Lipinski definition) is 5.